The molecule has 0 aromatic heterocycles. The molecule has 5 fully saturated rings. The number of esters is 1. The van der Waals surface area contributed by atoms with Gasteiger partial charge in [-0.1, -0.05) is 93.5 Å². The zero-order chi connectivity index (χ0) is 71.6. The molecule has 5 aliphatic heterocycles. The smallest absolute Gasteiger partial charge is 0.726 e. The summed E-state index contributed by atoms with van der Waals surface area (Å²) in [5, 5.41) is 21.8. The van der Waals surface area contributed by atoms with Gasteiger partial charge in [-0.3, -0.25) is 33.2 Å². The molecule has 0 saturated carbocycles. The number of nitrogens with zero attached hydrogens (tertiary/aromatic N) is 9. The van der Waals surface area contributed by atoms with Crippen LogP contribution in [0.5, 0.6) is 0 Å². The molecular weight excluding hydrogens is 1510 g/mol. The molecule has 99 heavy (non-hydrogen) atoms. The number of methoxy groups -OCH3 is 1. The normalized spacial score (nSPS) is 33.6. The molecule has 0 radical (unpaired) electrons. The molecule has 0 aliphatic carbocycles. The Morgan fingerprint density at radius 1 is 0.586 bits per heavy atom. The van der Waals surface area contributed by atoms with E-state index in [2.05, 4.69) is 48.1 Å². The maximum Gasteiger partial charge on any atom is 1.00 e. The molecule has 5 heterocycles. The molecule has 5 saturated heterocycles. The standard InChI is InChI=1S/C44H60N9O24S2.5Na.3H2O4S/c1-18-19(2)29(49-52-46)42(68-23(18)6)74-33-21(4)34(65-15-25-12-10-9-11-13-25)43(76-37(33)39(57)66-17-54)70-27-14-26(48-51-45)40(69-24(27)7)73-32-22(5)35(77-79(61,62)63)44(75-36(32)38(55)56)72-31-20(3)30(50-53-47)41(64-8)71-28(31)16-67-78(58,59)60;;;;;;3*1-5(2,3)4/h9-14,17-24,26-37,40-44H,6-7,15-16H2,1-5,8H3,(H,55,56)(H,58,59,60)(H,61,62,63);;;;;;3*(H2,1,2,3,4)/q-3;5*+1;;;/p-5/t18-,19+,20-,21+,22+,23?,24?,26?,27-,28?,29?,30?,31-,32-,33-,34?,35?,36?,37?,40+,41-,42+,43-,44-;;;;;;;;/m1......../s1. The maximum atomic E-state index is 13.6. The van der Waals surface area contributed by atoms with E-state index >= 15 is 0 Å². The average molecular weight is 1570 g/mol. The van der Waals surface area contributed by atoms with Crippen molar-refractivity contribution < 1.29 is 311 Å². The minimum absolute atomic E-state index is 0. The number of rotatable bonds is 23. The predicted molar refractivity (Wildman–Crippen MR) is 291 cm³/mol. The van der Waals surface area contributed by atoms with Crippen LogP contribution in [0.1, 0.15) is 40.2 Å². The van der Waals surface area contributed by atoms with Crippen molar-refractivity contribution in [2.45, 2.75) is 158 Å². The Bertz CT molecular complexity index is 3340. The van der Waals surface area contributed by atoms with Crippen molar-refractivity contribution in [1.29, 1.82) is 0 Å². The third-order valence-electron chi connectivity index (χ3n) is 14.1. The van der Waals surface area contributed by atoms with Crippen LogP contribution in [0.3, 0.4) is 0 Å². The number of carbonyl (C=O) groups is 3. The van der Waals surface area contributed by atoms with Crippen molar-refractivity contribution in [3.05, 3.63) is 87.5 Å². The second-order valence-electron chi connectivity index (χ2n) is 20.3. The van der Waals surface area contributed by atoms with E-state index in [0.717, 1.165) is 7.11 Å². The van der Waals surface area contributed by atoms with Crippen LogP contribution < -0.4 is 148 Å². The monoisotopic (exact) mass is 1570 g/mol. The van der Waals surface area contributed by atoms with Gasteiger partial charge in [0.05, 0.1) is 31.4 Å². The zero-order valence-corrected chi connectivity index (χ0v) is 68.2. The van der Waals surface area contributed by atoms with Gasteiger partial charge in [-0.25, -0.2) is 51.7 Å². The van der Waals surface area contributed by atoms with Gasteiger partial charge in [0.15, 0.2) is 37.4 Å². The Morgan fingerprint density at radius 3 is 1.52 bits per heavy atom. The Labute approximate surface area is 677 Å². The summed E-state index contributed by atoms with van der Waals surface area (Å²) in [7, 11) is -24.7. The van der Waals surface area contributed by atoms with E-state index in [0.29, 0.717) is 5.56 Å². The quantitative estimate of drug-likeness (QED) is 0.00755. The molecule has 5 aliphatic rings. The first-order valence-corrected chi connectivity index (χ1v) is 33.0. The largest absolute Gasteiger partial charge is 1.00 e. The van der Waals surface area contributed by atoms with Gasteiger partial charge >= 0.3 is 166 Å². The molecule has 1 aromatic carbocycles. The fraction of sp³-hybridized carbons (Fsp3) is 0.727. The molecule has 1 aromatic rings. The average Bonchev–Trinajstić information content (AvgIpc) is 0.773. The Hall–Kier alpha value is -0.330. The second-order valence-corrected chi connectivity index (χ2v) is 24.9. The van der Waals surface area contributed by atoms with Gasteiger partial charge in [-0.15, -0.1) is 5.11 Å². The number of hydrogen-bond donors (Lipinski definition) is 4. The number of benzene rings is 1. The van der Waals surface area contributed by atoms with Gasteiger partial charge in [-0.2, -0.15) is 0 Å². The number of carboxylic acid groups (broad SMARTS) is 1. The number of carboxylic acids is 1. The molecule has 0 spiro atoms. The molecule has 24 atom stereocenters. The second kappa shape index (κ2) is 46.8. The fourth-order valence-electron chi connectivity index (χ4n) is 9.78. The van der Waals surface area contributed by atoms with Gasteiger partial charge in [-0.05, 0) is 50.9 Å². The van der Waals surface area contributed by atoms with Crippen LogP contribution in [0, 0.1) is 49.9 Å². The van der Waals surface area contributed by atoms with E-state index in [4.69, 9.17) is 114 Å². The van der Waals surface area contributed by atoms with E-state index in [9.17, 15) is 62.0 Å². The summed E-state index contributed by atoms with van der Waals surface area (Å²) in [6.07, 6.45) is -24.3. The van der Waals surface area contributed by atoms with Crippen molar-refractivity contribution >= 4 is 70.4 Å². The summed E-state index contributed by atoms with van der Waals surface area (Å²) in [6, 6.07) is 5.02. The van der Waals surface area contributed by atoms with E-state index in [1.54, 1.807) is 37.3 Å². The number of azide groups is 3. The summed E-state index contributed by atoms with van der Waals surface area (Å²) < 4.78 is 250. The first-order chi connectivity index (χ1) is 43.3. The molecule has 10 unspecified atom stereocenters. The summed E-state index contributed by atoms with van der Waals surface area (Å²) in [5.74, 6) is -7.19. The molecule has 536 valence electrons. The number of hydrogen-bond acceptors (Lipinski definition) is 35. The van der Waals surface area contributed by atoms with Crippen LogP contribution in [0.2, 0.25) is 0 Å². The van der Waals surface area contributed by atoms with Crippen molar-refractivity contribution in [2.24, 2.45) is 44.9 Å². The number of ether oxygens (including phenoxy) is 12. The van der Waals surface area contributed by atoms with E-state index in [1.807, 2.05) is 13.8 Å². The molecule has 55 heteroatoms. The molecule has 4 N–H and O–H groups in total. The minimum Gasteiger partial charge on any atom is -0.726 e. The Kier molecular flexibility index (Phi) is 48.6. The summed E-state index contributed by atoms with van der Waals surface area (Å²) in [4.78, 5) is 46.8. The predicted octanol–water partition coefficient (Wildman–Crippen LogP) is -15.4. The van der Waals surface area contributed by atoms with Gasteiger partial charge in [0.2, 0.25) is 52.0 Å². The Morgan fingerprint density at radius 2 is 1.04 bits per heavy atom. The summed E-state index contributed by atoms with van der Waals surface area (Å²) in [5.41, 5.74) is 29.2. The van der Waals surface area contributed by atoms with Crippen LogP contribution in [0.15, 0.2) is 45.7 Å². The third-order valence-corrected chi connectivity index (χ3v) is 15.0. The maximum absolute atomic E-state index is 13.6. The fourth-order valence-corrected chi connectivity index (χ4v) is 10.6. The van der Waals surface area contributed by atoms with Crippen molar-refractivity contribution in [3.8, 4) is 0 Å². The van der Waals surface area contributed by atoms with Gasteiger partial charge in [0, 0.05) is 28.8 Å². The Balaban J connectivity index is -0.00000415. The van der Waals surface area contributed by atoms with Crippen LogP contribution in [-0.4, -0.2) is 232 Å². The molecular formula is C44H61N9Na5O36S5-3. The van der Waals surface area contributed by atoms with Crippen molar-refractivity contribution in [3.63, 3.8) is 0 Å². The number of aliphatic carboxylic acids is 1. The van der Waals surface area contributed by atoms with Crippen molar-refractivity contribution in [1.82, 2.24) is 0 Å². The SMILES string of the molecule is O=S(=O)([O-])O.O=S(=O)([O-])O.O=S(=O)([O-])O.[CH2-]C1O[C@@H](O[C@H]2C(C(=O)O)O[C@@H](O[C@H]3C(COS(=O)(=O)[O-])O[C@@H](OC)C(N=[N+]=[N-])[C@H]3C)C(OS(=O)(=O)[O-])[C@H]2C)C(N=[N+]=[N-])[CH-][C@H]1O[C@@H]1OC(C(=O)OC=O)[C@H](O[C@@H]2OC([CH2-])[C@H](C)[C@H](C)C2N=[N+]=[N-])[C@H](C)C1OCc1ccccc1.[Na+].[Na+].[Na+].[Na+].[Na+]. The summed E-state index contributed by atoms with van der Waals surface area (Å²) >= 11 is 0. The van der Waals surface area contributed by atoms with Crippen LogP contribution >= 0.6 is 0 Å². The van der Waals surface area contributed by atoms with Crippen LogP contribution in [0.4, 0.5) is 0 Å². The van der Waals surface area contributed by atoms with Gasteiger partial charge < -0.3 is 98.6 Å². The van der Waals surface area contributed by atoms with Crippen LogP contribution in [-0.2, 0) is 138 Å². The first kappa shape index (κ1) is 103. The zero-order valence-electron chi connectivity index (χ0n) is 54.1. The first-order valence-electron chi connectivity index (χ1n) is 26.2. The summed E-state index contributed by atoms with van der Waals surface area (Å²) in [6.45, 7) is 14.6. The van der Waals surface area contributed by atoms with Gasteiger partial charge in [0.25, 0.3) is 0 Å². The van der Waals surface area contributed by atoms with E-state index in [-0.39, 0.29) is 173 Å². The molecule has 0 amide bonds. The molecule has 6 rings (SSSR count). The van der Waals surface area contributed by atoms with E-state index in [1.165, 1.54) is 20.3 Å². The third kappa shape index (κ3) is 36.0. The minimum atomic E-state index is -5.74. The molecule has 45 nitrogen and oxygen atoms in total. The van der Waals surface area contributed by atoms with E-state index < -0.39 is 205 Å². The van der Waals surface area contributed by atoms with Crippen molar-refractivity contribution in [2.75, 3.05) is 13.7 Å². The van der Waals surface area contributed by atoms with Crippen LogP contribution in [0.25, 0.3) is 31.3 Å². The topological polar surface area (TPSA) is 694 Å². The number of carbonyl (C=O) groups excluding carboxylic acids is 2. The molecule has 0 bridgehead atoms. The van der Waals surface area contributed by atoms with Gasteiger partial charge in [0.1, 0.15) is 36.8 Å².